The molecule has 0 aromatic rings. The van der Waals surface area contributed by atoms with E-state index < -0.39 is 5.97 Å². The highest BCUT2D eigenvalue weighted by Gasteiger charge is 2.27. The Hall–Kier alpha value is -1.10. The molecule has 16 heavy (non-hydrogen) atoms. The van der Waals surface area contributed by atoms with Crippen LogP contribution in [0.5, 0.6) is 0 Å². The van der Waals surface area contributed by atoms with E-state index >= 15 is 0 Å². The third-order valence-electron chi connectivity index (χ3n) is 2.81. The standard InChI is InChI=1S/C11H20N2O3/c1-2-7-13-8-3-6-12-11(16)9(13)4-5-10(14)15/h9H,2-8H2,1H3,(H,12,16)(H,14,15). The molecule has 1 amide bonds. The molecular weight excluding hydrogens is 208 g/mol. The van der Waals surface area contributed by atoms with Crippen LogP contribution >= 0.6 is 0 Å². The highest BCUT2D eigenvalue weighted by molar-refractivity contribution is 5.82. The number of hydrogen-bond donors (Lipinski definition) is 2. The number of hydrogen-bond acceptors (Lipinski definition) is 3. The number of nitrogens with one attached hydrogen (secondary N) is 1. The summed E-state index contributed by atoms with van der Waals surface area (Å²) in [5, 5.41) is 11.5. The topological polar surface area (TPSA) is 69.6 Å². The maximum Gasteiger partial charge on any atom is 0.303 e. The summed E-state index contributed by atoms with van der Waals surface area (Å²) in [4.78, 5) is 24.4. The van der Waals surface area contributed by atoms with Crippen LogP contribution in [0.25, 0.3) is 0 Å². The van der Waals surface area contributed by atoms with Crippen LogP contribution in [0, 0.1) is 0 Å². The van der Waals surface area contributed by atoms with E-state index in [2.05, 4.69) is 17.1 Å². The van der Waals surface area contributed by atoms with Crippen LogP contribution in [0.4, 0.5) is 0 Å². The molecule has 1 unspecified atom stereocenters. The van der Waals surface area contributed by atoms with Gasteiger partial charge in [0.15, 0.2) is 0 Å². The Labute approximate surface area is 95.8 Å². The lowest BCUT2D eigenvalue weighted by Gasteiger charge is -2.27. The van der Waals surface area contributed by atoms with Crippen LogP contribution in [0.3, 0.4) is 0 Å². The lowest BCUT2D eigenvalue weighted by Crippen LogP contribution is -2.44. The number of carboxylic acids is 1. The Morgan fingerprint density at radius 3 is 3.00 bits per heavy atom. The molecule has 1 heterocycles. The summed E-state index contributed by atoms with van der Waals surface area (Å²) in [6.07, 6.45) is 2.38. The van der Waals surface area contributed by atoms with Gasteiger partial charge in [0.25, 0.3) is 0 Å². The lowest BCUT2D eigenvalue weighted by molar-refractivity contribution is -0.137. The summed E-state index contributed by atoms with van der Waals surface area (Å²) >= 11 is 0. The molecule has 1 rings (SSSR count). The average Bonchev–Trinajstić information content (AvgIpc) is 2.39. The molecule has 0 radical (unpaired) electrons. The molecule has 0 spiro atoms. The van der Waals surface area contributed by atoms with Crippen molar-refractivity contribution in [1.82, 2.24) is 10.2 Å². The number of carbonyl (C=O) groups is 2. The maximum absolute atomic E-state index is 11.8. The van der Waals surface area contributed by atoms with Crippen molar-refractivity contribution < 1.29 is 14.7 Å². The molecule has 5 heteroatoms. The number of carboxylic acid groups (broad SMARTS) is 1. The summed E-state index contributed by atoms with van der Waals surface area (Å²) < 4.78 is 0. The first-order valence-corrected chi connectivity index (χ1v) is 5.88. The summed E-state index contributed by atoms with van der Waals surface area (Å²) in [5.41, 5.74) is 0. The zero-order chi connectivity index (χ0) is 12.0. The maximum atomic E-state index is 11.8. The minimum absolute atomic E-state index is 0.0211. The Kier molecular flexibility index (Phi) is 5.25. The summed E-state index contributed by atoms with van der Waals surface area (Å²) in [7, 11) is 0. The van der Waals surface area contributed by atoms with Crippen LogP contribution in [0.1, 0.15) is 32.6 Å². The van der Waals surface area contributed by atoms with Crippen molar-refractivity contribution in [3.8, 4) is 0 Å². The van der Waals surface area contributed by atoms with Crippen LogP contribution in [-0.2, 0) is 9.59 Å². The van der Waals surface area contributed by atoms with Gasteiger partial charge in [0.05, 0.1) is 6.04 Å². The molecule has 1 saturated heterocycles. The van der Waals surface area contributed by atoms with Gasteiger partial charge in [-0.1, -0.05) is 6.92 Å². The van der Waals surface area contributed by atoms with Crippen molar-refractivity contribution in [1.29, 1.82) is 0 Å². The molecule has 1 fully saturated rings. The van der Waals surface area contributed by atoms with Crippen LogP contribution in [-0.4, -0.2) is 47.6 Å². The SMILES string of the molecule is CCCN1CCCNC(=O)C1CCC(=O)O. The molecule has 0 aliphatic carbocycles. The molecule has 92 valence electrons. The molecule has 0 aromatic heterocycles. The third-order valence-corrected chi connectivity index (χ3v) is 2.81. The second-order valence-corrected chi connectivity index (χ2v) is 4.13. The quantitative estimate of drug-likeness (QED) is 0.717. The van der Waals surface area contributed by atoms with Gasteiger partial charge in [-0.15, -0.1) is 0 Å². The minimum Gasteiger partial charge on any atom is -0.481 e. The van der Waals surface area contributed by atoms with Crippen LogP contribution in [0.15, 0.2) is 0 Å². The van der Waals surface area contributed by atoms with E-state index in [-0.39, 0.29) is 18.4 Å². The molecule has 0 saturated carbocycles. The fourth-order valence-corrected chi connectivity index (χ4v) is 2.06. The molecule has 0 bridgehead atoms. The number of aliphatic carboxylic acids is 1. The van der Waals surface area contributed by atoms with Gasteiger partial charge in [-0.05, 0) is 25.8 Å². The van der Waals surface area contributed by atoms with Gasteiger partial charge >= 0.3 is 5.97 Å². The van der Waals surface area contributed by atoms with Crippen molar-refractivity contribution in [3.63, 3.8) is 0 Å². The largest absolute Gasteiger partial charge is 0.481 e. The molecule has 5 nitrogen and oxygen atoms in total. The molecule has 1 atom stereocenters. The van der Waals surface area contributed by atoms with E-state index in [0.29, 0.717) is 13.0 Å². The Balaban J connectivity index is 2.60. The second kappa shape index (κ2) is 6.48. The lowest BCUT2D eigenvalue weighted by atomic mass is 10.1. The third kappa shape index (κ3) is 3.81. The Bertz CT molecular complexity index is 256. The summed E-state index contributed by atoms with van der Waals surface area (Å²) in [6, 6.07) is -0.265. The monoisotopic (exact) mass is 228 g/mol. The van der Waals surface area contributed by atoms with Crippen molar-refractivity contribution in [2.24, 2.45) is 0 Å². The predicted octanol–water partition coefficient (Wildman–Crippen LogP) is 0.452. The Morgan fingerprint density at radius 2 is 2.38 bits per heavy atom. The van der Waals surface area contributed by atoms with Gasteiger partial charge in [0.2, 0.25) is 5.91 Å². The van der Waals surface area contributed by atoms with Gasteiger partial charge in [-0.3, -0.25) is 14.5 Å². The first kappa shape index (κ1) is 13.0. The minimum atomic E-state index is -0.839. The number of carbonyl (C=O) groups excluding carboxylic acids is 1. The van der Waals surface area contributed by atoms with Crippen molar-refractivity contribution in [3.05, 3.63) is 0 Å². The van der Waals surface area contributed by atoms with Gasteiger partial charge in [0, 0.05) is 19.5 Å². The summed E-state index contributed by atoms with van der Waals surface area (Å²) in [5.74, 6) is -0.860. The predicted molar refractivity (Wildman–Crippen MR) is 60.1 cm³/mol. The van der Waals surface area contributed by atoms with Gasteiger partial charge < -0.3 is 10.4 Å². The normalized spacial score (nSPS) is 22.6. The fraction of sp³-hybridized carbons (Fsp3) is 0.818. The van der Waals surface area contributed by atoms with E-state index in [0.717, 1.165) is 25.9 Å². The van der Waals surface area contributed by atoms with E-state index in [1.165, 1.54) is 0 Å². The Morgan fingerprint density at radius 1 is 1.62 bits per heavy atom. The van der Waals surface area contributed by atoms with Gasteiger partial charge in [-0.2, -0.15) is 0 Å². The molecule has 1 aliphatic rings. The molecule has 1 aliphatic heterocycles. The number of nitrogens with zero attached hydrogens (tertiary/aromatic N) is 1. The first-order chi connectivity index (χ1) is 7.65. The zero-order valence-corrected chi connectivity index (χ0v) is 9.74. The van der Waals surface area contributed by atoms with E-state index in [1.807, 2.05) is 0 Å². The molecule has 2 N–H and O–H groups in total. The highest BCUT2D eigenvalue weighted by atomic mass is 16.4. The van der Waals surface area contributed by atoms with Crippen molar-refractivity contribution in [2.75, 3.05) is 19.6 Å². The van der Waals surface area contributed by atoms with Crippen LogP contribution < -0.4 is 5.32 Å². The fourth-order valence-electron chi connectivity index (χ4n) is 2.06. The van der Waals surface area contributed by atoms with Gasteiger partial charge in [0.1, 0.15) is 0 Å². The highest BCUT2D eigenvalue weighted by Crippen LogP contribution is 2.11. The molecule has 0 aromatic carbocycles. The number of amides is 1. The first-order valence-electron chi connectivity index (χ1n) is 5.88. The van der Waals surface area contributed by atoms with E-state index in [1.54, 1.807) is 0 Å². The van der Waals surface area contributed by atoms with Crippen molar-refractivity contribution in [2.45, 2.75) is 38.6 Å². The van der Waals surface area contributed by atoms with Crippen LogP contribution in [0.2, 0.25) is 0 Å². The smallest absolute Gasteiger partial charge is 0.303 e. The molecular formula is C11H20N2O3. The van der Waals surface area contributed by atoms with Gasteiger partial charge in [-0.25, -0.2) is 0 Å². The zero-order valence-electron chi connectivity index (χ0n) is 9.74. The van der Waals surface area contributed by atoms with E-state index in [9.17, 15) is 9.59 Å². The summed E-state index contributed by atoms with van der Waals surface area (Å²) in [6.45, 7) is 4.49. The number of rotatable bonds is 5. The average molecular weight is 228 g/mol. The second-order valence-electron chi connectivity index (χ2n) is 4.13. The van der Waals surface area contributed by atoms with E-state index in [4.69, 9.17) is 5.11 Å². The van der Waals surface area contributed by atoms with Crippen molar-refractivity contribution >= 4 is 11.9 Å².